The van der Waals surface area contributed by atoms with Gasteiger partial charge in [-0.3, -0.25) is 0 Å². The van der Waals surface area contributed by atoms with Crippen LogP contribution in [0, 0.1) is 0 Å². The van der Waals surface area contributed by atoms with Crippen molar-refractivity contribution in [1.82, 2.24) is 14.9 Å². The zero-order valence-corrected chi connectivity index (χ0v) is 10.1. The highest BCUT2D eigenvalue weighted by atomic mass is 15.3. The number of hydrogen-bond acceptors (Lipinski definition) is 5. The second-order valence-corrected chi connectivity index (χ2v) is 4.45. The van der Waals surface area contributed by atoms with Gasteiger partial charge in [-0.25, -0.2) is 4.98 Å². The summed E-state index contributed by atoms with van der Waals surface area (Å²) in [5, 5.41) is 0. The third kappa shape index (κ3) is 2.09. The fraction of sp³-hybridized carbons (Fsp3) is 0.636. The predicted molar refractivity (Wildman–Crippen MR) is 65.5 cm³/mol. The third-order valence-electron chi connectivity index (χ3n) is 3.06. The van der Waals surface area contributed by atoms with E-state index in [9.17, 15) is 0 Å². The van der Waals surface area contributed by atoms with Crippen LogP contribution in [0.15, 0.2) is 6.07 Å². The Hall–Kier alpha value is -1.36. The zero-order chi connectivity index (χ0) is 11.7. The minimum Gasteiger partial charge on any atom is -0.368 e. The van der Waals surface area contributed by atoms with Crippen molar-refractivity contribution in [2.24, 2.45) is 0 Å². The van der Waals surface area contributed by atoms with E-state index in [1.54, 1.807) is 0 Å². The topological polar surface area (TPSA) is 58.3 Å². The molecule has 0 aromatic carbocycles. The lowest BCUT2D eigenvalue weighted by atomic mass is 10.1. The Morgan fingerprint density at radius 2 is 2.12 bits per heavy atom. The molecule has 0 spiro atoms. The van der Waals surface area contributed by atoms with E-state index < -0.39 is 0 Å². The number of hydrogen-bond donors (Lipinski definition) is 1. The van der Waals surface area contributed by atoms with Crippen LogP contribution in [0.2, 0.25) is 0 Å². The van der Waals surface area contributed by atoms with Gasteiger partial charge in [-0.15, -0.1) is 0 Å². The van der Waals surface area contributed by atoms with E-state index in [0.29, 0.717) is 12.0 Å². The van der Waals surface area contributed by atoms with Crippen molar-refractivity contribution >= 4 is 11.8 Å². The standard InChI is InChI=1S/C11H19N5/c1-4-8-5-10(14-11(12)13-8)16-6-9(7-16)15(2)3/h5,9H,4,6-7H2,1-3H3,(H2,12,13,14). The highest BCUT2D eigenvalue weighted by Crippen LogP contribution is 2.22. The summed E-state index contributed by atoms with van der Waals surface area (Å²) in [6, 6.07) is 2.66. The van der Waals surface area contributed by atoms with E-state index in [-0.39, 0.29) is 0 Å². The zero-order valence-electron chi connectivity index (χ0n) is 10.1. The van der Waals surface area contributed by atoms with Crippen LogP contribution in [0.25, 0.3) is 0 Å². The van der Waals surface area contributed by atoms with Crippen molar-refractivity contribution in [2.75, 3.05) is 37.8 Å². The Balaban J connectivity index is 2.08. The van der Waals surface area contributed by atoms with Gasteiger partial charge < -0.3 is 15.5 Å². The third-order valence-corrected chi connectivity index (χ3v) is 3.06. The normalized spacial score (nSPS) is 16.6. The van der Waals surface area contributed by atoms with Gasteiger partial charge in [0, 0.05) is 30.9 Å². The molecule has 0 saturated carbocycles. The van der Waals surface area contributed by atoms with E-state index in [1.165, 1.54) is 0 Å². The van der Waals surface area contributed by atoms with Gasteiger partial charge in [-0.1, -0.05) is 6.92 Å². The van der Waals surface area contributed by atoms with E-state index in [1.807, 2.05) is 6.07 Å². The van der Waals surface area contributed by atoms with Gasteiger partial charge in [0.15, 0.2) is 0 Å². The molecule has 0 amide bonds. The van der Waals surface area contributed by atoms with Crippen molar-refractivity contribution in [2.45, 2.75) is 19.4 Å². The minimum atomic E-state index is 0.377. The monoisotopic (exact) mass is 221 g/mol. The number of rotatable bonds is 3. The molecule has 0 unspecified atom stereocenters. The number of aryl methyl sites for hydroxylation is 1. The van der Waals surface area contributed by atoms with Gasteiger partial charge in [-0.2, -0.15) is 4.98 Å². The summed E-state index contributed by atoms with van der Waals surface area (Å²) in [5.41, 5.74) is 6.70. The average Bonchev–Trinajstić information content (AvgIpc) is 2.13. The maximum absolute atomic E-state index is 5.69. The van der Waals surface area contributed by atoms with Gasteiger partial charge >= 0.3 is 0 Å². The van der Waals surface area contributed by atoms with Crippen LogP contribution in [0.5, 0.6) is 0 Å². The molecule has 0 atom stereocenters. The molecule has 0 radical (unpaired) electrons. The maximum Gasteiger partial charge on any atom is 0.222 e. The number of nitrogen functional groups attached to an aromatic ring is 1. The highest BCUT2D eigenvalue weighted by Gasteiger charge is 2.29. The first kappa shape index (κ1) is 11.1. The lowest BCUT2D eigenvalue weighted by Crippen LogP contribution is -2.57. The SMILES string of the molecule is CCc1cc(N2CC(N(C)C)C2)nc(N)n1. The highest BCUT2D eigenvalue weighted by molar-refractivity contribution is 5.46. The molecule has 2 heterocycles. The minimum absolute atomic E-state index is 0.377. The van der Waals surface area contributed by atoms with E-state index in [2.05, 4.69) is 40.8 Å². The smallest absolute Gasteiger partial charge is 0.222 e. The lowest BCUT2D eigenvalue weighted by molar-refractivity contribution is 0.246. The van der Waals surface area contributed by atoms with Crippen molar-refractivity contribution in [3.63, 3.8) is 0 Å². The summed E-state index contributed by atoms with van der Waals surface area (Å²) in [6.45, 7) is 4.11. The lowest BCUT2D eigenvalue weighted by Gasteiger charge is -2.43. The van der Waals surface area contributed by atoms with Crippen molar-refractivity contribution in [3.05, 3.63) is 11.8 Å². The van der Waals surface area contributed by atoms with Crippen LogP contribution in [0.1, 0.15) is 12.6 Å². The van der Waals surface area contributed by atoms with Gasteiger partial charge in [0.1, 0.15) is 5.82 Å². The van der Waals surface area contributed by atoms with E-state index >= 15 is 0 Å². The van der Waals surface area contributed by atoms with Gasteiger partial charge in [0.05, 0.1) is 0 Å². The predicted octanol–water partition coefficient (Wildman–Crippen LogP) is 0.371. The van der Waals surface area contributed by atoms with Crippen LogP contribution in [-0.2, 0) is 6.42 Å². The fourth-order valence-electron chi connectivity index (χ4n) is 1.82. The van der Waals surface area contributed by atoms with Gasteiger partial charge in [0.25, 0.3) is 0 Å². The Kier molecular flexibility index (Phi) is 2.96. The molecule has 5 heteroatoms. The molecule has 5 nitrogen and oxygen atoms in total. The Bertz CT molecular complexity index is 371. The summed E-state index contributed by atoms with van der Waals surface area (Å²) in [5.74, 6) is 1.34. The molecular formula is C11H19N5. The van der Waals surface area contributed by atoms with E-state index in [0.717, 1.165) is 31.0 Å². The number of anilines is 2. The number of aromatic nitrogens is 2. The van der Waals surface area contributed by atoms with Gasteiger partial charge in [-0.05, 0) is 20.5 Å². The first-order valence-corrected chi connectivity index (χ1v) is 5.65. The molecule has 0 aliphatic carbocycles. The molecule has 1 aromatic heterocycles. The van der Waals surface area contributed by atoms with Crippen LogP contribution in [-0.4, -0.2) is 48.1 Å². The van der Waals surface area contributed by atoms with Crippen LogP contribution < -0.4 is 10.6 Å². The summed E-state index contributed by atoms with van der Waals surface area (Å²) < 4.78 is 0. The number of nitrogens with zero attached hydrogens (tertiary/aromatic N) is 4. The average molecular weight is 221 g/mol. The van der Waals surface area contributed by atoms with Crippen LogP contribution in [0.4, 0.5) is 11.8 Å². The van der Waals surface area contributed by atoms with Crippen molar-refractivity contribution in [1.29, 1.82) is 0 Å². The molecule has 1 saturated heterocycles. The molecular weight excluding hydrogens is 202 g/mol. The Morgan fingerprint density at radius 3 is 2.69 bits per heavy atom. The van der Waals surface area contributed by atoms with Crippen molar-refractivity contribution in [3.8, 4) is 0 Å². The molecule has 1 fully saturated rings. The molecule has 1 aliphatic heterocycles. The summed E-state index contributed by atoms with van der Waals surface area (Å²) in [6.07, 6.45) is 0.894. The summed E-state index contributed by atoms with van der Waals surface area (Å²) in [4.78, 5) is 12.9. The van der Waals surface area contributed by atoms with Crippen LogP contribution >= 0.6 is 0 Å². The van der Waals surface area contributed by atoms with Crippen molar-refractivity contribution < 1.29 is 0 Å². The van der Waals surface area contributed by atoms with Crippen LogP contribution in [0.3, 0.4) is 0 Å². The fourth-order valence-corrected chi connectivity index (χ4v) is 1.82. The second-order valence-electron chi connectivity index (χ2n) is 4.45. The van der Waals surface area contributed by atoms with Gasteiger partial charge in [0.2, 0.25) is 5.95 Å². The first-order chi connectivity index (χ1) is 7.60. The molecule has 2 rings (SSSR count). The molecule has 2 N–H and O–H groups in total. The quantitative estimate of drug-likeness (QED) is 0.799. The Labute approximate surface area is 96.3 Å². The maximum atomic E-state index is 5.69. The molecule has 88 valence electrons. The molecule has 16 heavy (non-hydrogen) atoms. The van der Waals surface area contributed by atoms with E-state index in [4.69, 9.17) is 5.73 Å². The first-order valence-electron chi connectivity index (χ1n) is 5.65. The summed E-state index contributed by atoms with van der Waals surface area (Å²) in [7, 11) is 4.21. The second kappa shape index (κ2) is 4.25. The largest absolute Gasteiger partial charge is 0.368 e. The molecule has 1 aliphatic rings. The molecule has 0 bridgehead atoms. The molecule has 1 aromatic rings. The summed E-state index contributed by atoms with van der Waals surface area (Å²) >= 11 is 0. The number of likely N-dealkylation sites (N-methyl/N-ethyl adjacent to an activating group) is 1. The Morgan fingerprint density at radius 1 is 1.44 bits per heavy atom. The number of nitrogens with two attached hydrogens (primary N) is 1.